The molecule has 0 spiro atoms. The summed E-state index contributed by atoms with van der Waals surface area (Å²) in [6, 6.07) is 4.09. The Morgan fingerprint density at radius 3 is 2.45 bits per heavy atom. The highest BCUT2D eigenvalue weighted by Gasteiger charge is 2.16. The number of aromatic hydroxyl groups is 1. The molecule has 0 unspecified atom stereocenters. The van der Waals surface area contributed by atoms with E-state index >= 15 is 0 Å². The van der Waals surface area contributed by atoms with Gasteiger partial charge in [-0.1, -0.05) is 6.58 Å². The first-order valence-electron chi connectivity index (χ1n) is 6.40. The van der Waals surface area contributed by atoms with Gasteiger partial charge in [0.15, 0.2) is 0 Å². The molecule has 0 amide bonds. The van der Waals surface area contributed by atoms with Crippen LogP contribution in [0.2, 0.25) is 0 Å². The summed E-state index contributed by atoms with van der Waals surface area (Å²) in [5.41, 5.74) is 0.138. The quantitative estimate of drug-likeness (QED) is 0.573. The number of hydrogen-bond donors (Lipinski definition) is 2. The summed E-state index contributed by atoms with van der Waals surface area (Å²) in [6.45, 7) is 4.16. The number of aliphatic hydroxyl groups is 1. The van der Waals surface area contributed by atoms with E-state index in [1.54, 1.807) is 0 Å². The van der Waals surface area contributed by atoms with E-state index in [1.165, 1.54) is 32.2 Å². The molecule has 0 fully saturated rings. The molecule has 0 radical (unpaired) electrons. The van der Waals surface area contributed by atoms with E-state index in [1.807, 2.05) is 0 Å². The van der Waals surface area contributed by atoms with Crippen LogP contribution in [0.1, 0.15) is 17.3 Å². The van der Waals surface area contributed by atoms with Gasteiger partial charge in [-0.3, -0.25) is 0 Å². The number of esters is 2. The summed E-state index contributed by atoms with van der Waals surface area (Å²) in [4.78, 5) is 22.9. The highest BCUT2D eigenvalue weighted by Crippen LogP contribution is 2.23. The Balaban J connectivity index is 2.49. The number of hydrogen-bond acceptors (Lipinski definition) is 7. The number of carbonyl (C=O) groups excluding carboxylic acids is 2. The van der Waals surface area contributed by atoms with E-state index in [2.05, 4.69) is 6.58 Å². The van der Waals surface area contributed by atoms with Gasteiger partial charge in [-0.25, -0.2) is 9.59 Å². The molecule has 120 valence electrons. The van der Waals surface area contributed by atoms with Crippen LogP contribution in [0.15, 0.2) is 30.4 Å². The van der Waals surface area contributed by atoms with E-state index in [0.29, 0.717) is 5.75 Å². The van der Waals surface area contributed by atoms with Crippen LogP contribution in [0, 0.1) is 0 Å². The minimum atomic E-state index is -1.17. The van der Waals surface area contributed by atoms with Crippen LogP contribution in [-0.2, 0) is 14.3 Å². The van der Waals surface area contributed by atoms with E-state index in [4.69, 9.17) is 14.2 Å². The van der Waals surface area contributed by atoms with Crippen LogP contribution in [0.25, 0.3) is 0 Å². The molecule has 2 N–H and O–H groups in total. The Kier molecular flexibility index (Phi) is 6.40. The predicted octanol–water partition coefficient (Wildman–Crippen LogP) is 1.04. The van der Waals surface area contributed by atoms with E-state index < -0.39 is 18.0 Å². The van der Waals surface area contributed by atoms with Gasteiger partial charge in [0.2, 0.25) is 0 Å². The fourth-order valence-electron chi connectivity index (χ4n) is 1.40. The third kappa shape index (κ3) is 5.10. The zero-order chi connectivity index (χ0) is 16.7. The second-order valence-corrected chi connectivity index (χ2v) is 4.51. The Labute approximate surface area is 127 Å². The van der Waals surface area contributed by atoms with E-state index in [0.717, 1.165) is 0 Å². The molecule has 22 heavy (non-hydrogen) atoms. The van der Waals surface area contributed by atoms with Gasteiger partial charge in [0.1, 0.15) is 36.4 Å². The average Bonchev–Trinajstić information content (AvgIpc) is 2.49. The van der Waals surface area contributed by atoms with Crippen LogP contribution in [0.3, 0.4) is 0 Å². The van der Waals surface area contributed by atoms with Gasteiger partial charge in [0, 0.05) is 11.6 Å². The number of methoxy groups -OCH3 is 1. The first-order chi connectivity index (χ1) is 10.3. The molecule has 1 aromatic rings. The topological polar surface area (TPSA) is 102 Å². The van der Waals surface area contributed by atoms with Gasteiger partial charge in [0.05, 0.1) is 7.11 Å². The lowest BCUT2D eigenvalue weighted by Crippen LogP contribution is -2.25. The molecule has 0 aliphatic heterocycles. The monoisotopic (exact) mass is 310 g/mol. The van der Waals surface area contributed by atoms with Crippen LogP contribution in [0.5, 0.6) is 11.5 Å². The third-order valence-electron chi connectivity index (χ3n) is 2.59. The van der Waals surface area contributed by atoms with Crippen molar-refractivity contribution in [3.05, 3.63) is 35.9 Å². The van der Waals surface area contributed by atoms with Crippen LogP contribution < -0.4 is 4.74 Å². The van der Waals surface area contributed by atoms with Crippen molar-refractivity contribution in [1.82, 2.24) is 0 Å². The maximum Gasteiger partial charge on any atom is 0.342 e. The molecule has 1 rings (SSSR count). The number of phenols is 1. The molecular formula is C15H18O7. The van der Waals surface area contributed by atoms with Crippen LogP contribution in [-0.4, -0.2) is 48.6 Å². The maximum atomic E-state index is 11.8. The lowest BCUT2D eigenvalue weighted by Gasteiger charge is -2.12. The van der Waals surface area contributed by atoms with Crippen molar-refractivity contribution >= 4 is 11.9 Å². The molecule has 7 heteroatoms. The van der Waals surface area contributed by atoms with Crippen LogP contribution >= 0.6 is 0 Å². The van der Waals surface area contributed by atoms with Crippen molar-refractivity contribution in [3.8, 4) is 11.5 Å². The number of aliphatic hydroxyl groups excluding tert-OH is 1. The zero-order valence-corrected chi connectivity index (χ0v) is 12.4. The van der Waals surface area contributed by atoms with Crippen molar-refractivity contribution in [2.24, 2.45) is 0 Å². The summed E-state index contributed by atoms with van der Waals surface area (Å²) in [5, 5.41) is 19.2. The second-order valence-electron chi connectivity index (χ2n) is 4.51. The highest BCUT2D eigenvalue weighted by atomic mass is 16.6. The first kappa shape index (κ1) is 17.5. The minimum Gasteiger partial charge on any atom is -0.507 e. The summed E-state index contributed by atoms with van der Waals surface area (Å²) in [7, 11) is 1.43. The van der Waals surface area contributed by atoms with E-state index in [-0.39, 0.29) is 30.1 Å². The molecular weight excluding hydrogens is 292 g/mol. The molecule has 0 saturated carbocycles. The summed E-state index contributed by atoms with van der Waals surface area (Å²) >= 11 is 0. The second kappa shape index (κ2) is 8.04. The first-order valence-corrected chi connectivity index (χ1v) is 6.40. The lowest BCUT2D eigenvalue weighted by atomic mass is 10.2. The normalized spacial score (nSPS) is 11.4. The molecule has 0 aliphatic carbocycles. The van der Waals surface area contributed by atoms with Gasteiger partial charge < -0.3 is 24.4 Å². The molecule has 0 bridgehead atoms. The fraction of sp³-hybridized carbons (Fsp3) is 0.333. The number of ether oxygens (including phenoxy) is 3. The highest BCUT2D eigenvalue weighted by molar-refractivity contribution is 5.92. The third-order valence-corrected chi connectivity index (χ3v) is 2.59. The largest absolute Gasteiger partial charge is 0.507 e. The molecule has 1 aromatic carbocycles. The predicted molar refractivity (Wildman–Crippen MR) is 76.7 cm³/mol. The van der Waals surface area contributed by atoms with Gasteiger partial charge in [-0.05, 0) is 19.1 Å². The van der Waals surface area contributed by atoms with Crippen molar-refractivity contribution in [2.45, 2.75) is 13.0 Å². The summed E-state index contributed by atoms with van der Waals surface area (Å²) in [6.07, 6.45) is -1.17. The van der Waals surface area contributed by atoms with E-state index in [9.17, 15) is 19.8 Å². The van der Waals surface area contributed by atoms with Crippen molar-refractivity contribution in [2.75, 3.05) is 20.3 Å². The Hall–Kier alpha value is -2.54. The lowest BCUT2D eigenvalue weighted by molar-refractivity contribution is -0.142. The van der Waals surface area contributed by atoms with Gasteiger partial charge in [-0.2, -0.15) is 0 Å². The number of rotatable bonds is 7. The standard InChI is InChI=1S/C15H18O7/c1-9(2)14(18)21-7-10(16)8-22-15(19)12-5-4-11(20-3)6-13(12)17/h4-6,10,16-17H,1,7-8H2,2-3H3/t10-/m1/s1. The van der Waals surface area contributed by atoms with Crippen LogP contribution in [0.4, 0.5) is 0 Å². The number of benzene rings is 1. The fourth-order valence-corrected chi connectivity index (χ4v) is 1.40. The summed E-state index contributed by atoms with van der Waals surface area (Å²) < 4.78 is 14.4. The van der Waals surface area contributed by atoms with Crippen molar-refractivity contribution in [1.29, 1.82) is 0 Å². The smallest absolute Gasteiger partial charge is 0.342 e. The SMILES string of the molecule is C=C(C)C(=O)OC[C@@H](O)COC(=O)c1ccc(OC)cc1O. The number of carbonyl (C=O) groups is 2. The molecule has 0 aromatic heterocycles. The Morgan fingerprint density at radius 2 is 1.91 bits per heavy atom. The maximum absolute atomic E-state index is 11.8. The molecule has 1 atom stereocenters. The van der Waals surface area contributed by atoms with Crippen molar-refractivity contribution in [3.63, 3.8) is 0 Å². The molecule has 7 nitrogen and oxygen atoms in total. The molecule has 0 aliphatic rings. The van der Waals surface area contributed by atoms with Gasteiger partial charge in [-0.15, -0.1) is 0 Å². The molecule has 0 heterocycles. The summed E-state index contributed by atoms with van der Waals surface area (Å²) in [5.74, 6) is -1.36. The van der Waals surface area contributed by atoms with Gasteiger partial charge >= 0.3 is 11.9 Å². The number of phenolic OH excluding ortho intramolecular Hbond substituents is 1. The Bertz CT molecular complexity index is 565. The minimum absolute atomic E-state index is 0.0630. The molecule has 0 saturated heterocycles. The average molecular weight is 310 g/mol. The zero-order valence-electron chi connectivity index (χ0n) is 12.4. The Morgan fingerprint density at radius 1 is 1.27 bits per heavy atom. The van der Waals surface area contributed by atoms with Gasteiger partial charge in [0.25, 0.3) is 0 Å². The van der Waals surface area contributed by atoms with Crippen molar-refractivity contribution < 1.29 is 34.0 Å².